The minimum atomic E-state index is -4.61. The van der Waals surface area contributed by atoms with Crippen LogP contribution in [0.1, 0.15) is 27.0 Å². The monoisotopic (exact) mass is 479 g/mol. The highest BCUT2D eigenvalue weighted by Crippen LogP contribution is 2.31. The van der Waals surface area contributed by atoms with Gasteiger partial charge in [-0.3, -0.25) is 9.52 Å². The van der Waals surface area contributed by atoms with E-state index in [9.17, 15) is 26.4 Å². The van der Waals surface area contributed by atoms with Crippen molar-refractivity contribution < 1.29 is 31.1 Å². The Labute approximate surface area is 188 Å². The third-order valence-electron chi connectivity index (χ3n) is 4.73. The first kappa shape index (κ1) is 24.1. The van der Waals surface area contributed by atoms with Crippen molar-refractivity contribution in [3.8, 4) is 5.88 Å². The van der Waals surface area contributed by atoms with E-state index in [0.29, 0.717) is 22.9 Å². The molecular weight excluding hydrogens is 459 g/mol. The van der Waals surface area contributed by atoms with Gasteiger partial charge in [-0.15, -0.1) is 0 Å². The zero-order valence-electron chi connectivity index (χ0n) is 17.8. The number of para-hydroxylation sites is 1. The van der Waals surface area contributed by atoms with Crippen molar-refractivity contribution in [2.24, 2.45) is 0 Å². The lowest BCUT2D eigenvalue weighted by molar-refractivity contribution is -0.137. The van der Waals surface area contributed by atoms with E-state index < -0.39 is 27.7 Å². The summed E-state index contributed by atoms with van der Waals surface area (Å²) in [6, 6.07) is 10.2. The molecular formula is C22H20F3N3O4S. The van der Waals surface area contributed by atoms with Gasteiger partial charge in [-0.25, -0.2) is 13.4 Å². The van der Waals surface area contributed by atoms with Crippen molar-refractivity contribution in [1.82, 2.24) is 4.98 Å². The molecule has 0 aliphatic heterocycles. The highest BCUT2D eigenvalue weighted by atomic mass is 32.2. The molecule has 3 rings (SSSR count). The summed E-state index contributed by atoms with van der Waals surface area (Å²) in [6.07, 6.45) is -3.47. The molecule has 33 heavy (non-hydrogen) atoms. The number of aromatic nitrogens is 1. The summed E-state index contributed by atoms with van der Waals surface area (Å²) in [7, 11) is -2.95. The first-order valence-corrected chi connectivity index (χ1v) is 11.0. The van der Waals surface area contributed by atoms with Crippen molar-refractivity contribution in [2.45, 2.75) is 24.9 Å². The number of benzene rings is 2. The van der Waals surface area contributed by atoms with Crippen molar-refractivity contribution in [3.63, 3.8) is 0 Å². The number of carbonyl (C=O) groups excluding carboxylic acids is 1. The second-order valence-corrected chi connectivity index (χ2v) is 8.79. The molecule has 0 atom stereocenters. The second-order valence-electron chi connectivity index (χ2n) is 7.14. The van der Waals surface area contributed by atoms with E-state index in [2.05, 4.69) is 15.0 Å². The molecule has 7 nitrogen and oxygen atoms in total. The lowest BCUT2D eigenvalue weighted by Gasteiger charge is -2.15. The Hall–Kier alpha value is -3.60. The summed E-state index contributed by atoms with van der Waals surface area (Å²) in [5.41, 5.74) is 0.500. The lowest BCUT2D eigenvalue weighted by atomic mass is 10.1. The maximum Gasteiger partial charge on any atom is 0.416 e. The number of ether oxygens (including phenoxy) is 1. The van der Waals surface area contributed by atoms with E-state index in [-0.39, 0.29) is 22.0 Å². The van der Waals surface area contributed by atoms with Gasteiger partial charge in [0.2, 0.25) is 5.88 Å². The van der Waals surface area contributed by atoms with Crippen molar-refractivity contribution in [2.75, 3.05) is 17.1 Å². The number of pyridine rings is 1. The number of amides is 1. The van der Waals surface area contributed by atoms with Gasteiger partial charge in [0.25, 0.3) is 15.9 Å². The van der Waals surface area contributed by atoms with Gasteiger partial charge in [0, 0.05) is 5.56 Å². The number of carbonyl (C=O) groups is 1. The minimum absolute atomic E-state index is 0.0416. The number of methoxy groups -OCH3 is 1. The number of alkyl halides is 3. The molecule has 1 amide bonds. The van der Waals surface area contributed by atoms with Crippen LogP contribution < -0.4 is 14.8 Å². The fraction of sp³-hybridized carbons (Fsp3) is 0.182. The molecule has 0 radical (unpaired) electrons. The zero-order chi connectivity index (χ0) is 24.4. The molecule has 1 heterocycles. The van der Waals surface area contributed by atoms with E-state index >= 15 is 0 Å². The highest BCUT2D eigenvalue weighted by molar-refractivity contribution is 7.92. The van der Waals surface area contributed by atoms with E-state index in [1.165, 1.54) is 13.2 Å². The number of hydrogen-bond donors (Lipinski definition) is 2. The maximum atomic E-state index is 13.1. The van der Waals surface area contributed by atoms with Gasteiger partial charge in [-0.2, -0.15) is 13.2 Å². The first-order chi connectivity index (χ1) is 15.4. The largest absolute Gasteiger partial charge is 0.480 e. The quantitative estimate of drug-likeness (QED) is 0.530. The van der Waals surface area contributed by atoms with E-state index in [4.69, 9.17) is 4.74 Å². The molecule has 0 saturated carbocycles. The molecule has 0 aliphatic carbocycles. The average Bonchev–Trinajstić information content (AvgIpc) is 2.76. The Kier molecular flexibility index (Phi) is 6.63. The molecule has 0 unspecified atom stereocenters. The van der Waals surface area contributed by atoms with Crippen molar-refractivity contribution >= 4 is 27.3 Å². The van der Waals surface area contributed by atoms with Gasteiger partial charge >= 0.3 is 6.18 Å². The van der Waals surface area contributed by atoms with Crippen LogP contribution in [0.2, 0.25) is 0 Å². The van der Waals surface area contributed by atoms with Gasteiger partial charge in [0.1, 0.15) is 0 Å². The molecule has 174 valence electrons. The number of hydrogen-bond acceptors (Lipinski definition) is 5. The van der Waals surface area contributed by atoms with Gasteiger partial charge < -0.3 is 10.1 Å². The number of anilines is 2. The molecule has 0 spiro atoms. The van der Waals surface area contributed by atoms with E-state index in [0.717, 1.165) is 24.4 Å². The topological polar surface area (TPSA) is 97.4 Å². The predicted octanol–water partition coefficient (Wildman–Crippen LogP) is 4.78. The molecule has 2 N–H and O–H groups in total. The Morgan fingerprint density at radius 2 is 1.67 bits per heavy atom. The molecule has 2 aromatic carbocycles. The summed E-state index contributed by atoms with van der Waals surface area (Å²) in [5.74, 6) is -1.08. The Bertz CT molecular complexity index is 1290. The number of sulfonamides is 1. The van der Waals surface area contributed by atoms with Gasteiger partial charge in [-0.05, 0) is 49.2 Å². The van der Waals surface area contributed by atoms with Crippen LogP contribution in [0.3, 0.4) is 0 Å². The van der Waals surface area contributed by atoms with Crippen molar-refractivity contribution in [3.05, 3.63) is 77.0 Å². The number of nitrogens with zero attached hydrogens (tertiary/aromatic N) is 1. The number of nitrogens with one attached hydrogen (secondary N) is 2. The third-order valence-corrected chi connectivity index (χ3v) is 6.07. The predicted molar refractivity (Wildman–Crippen MR) is 117 cm³/mol. The SMILES string of the molecule is COc1ncc(NC(=O)c2cccc(C(F)(F)F)c2)cc1S(=O)(=O)Nc1c(C)cccc1C. The van der Waals surface area contributed by atoms with Crippen LogP contribution in [0.25, 0.3) is 0 Å². The third kappa shape index (κ3) is 5.43. The standard InChI is InChI=1S/C22H20F3N3O4S/c1-13-6-4-7-14(2)19(13)28-33(30,31)18-11-17(12-26-21(18)32-3)27-20(29)15-8-5-9-16(10-15)22(23,24)25/h4-12,28H,1-3H3,(H,27,29). The van der Waals surface area contributed by atoms with Crippen LogP contribution >= 0.6 is 0 Å². The van der Waals surface area contributed by atoms with Crippen LogP contribution in [-0.2, 0) is 16.2 Å². The average molecular weight is 479 g/mol. The van der Waals surface area contributed by atoms with Crippen LogP contribution in [0.15, 0.2) is 59.6 Å². The Morgan fingerprint density at radius 1 is 1.03 bits per heavy atom. The summed E-state index contributed by atoms with van der Waals surface area (Å²) in [5, 5.41) is 2.37. The number of rotatable bonds is 6. The molecule has 0 fully saturated rings. The Morgan fingerprint density at radius 3 is 2.27 bits per heavy atom. The maximum absolute atomic E-state index is 13.1. The highest BCUT2D eigenvalue weighted by Gasteiger charge is 2.31. The molecule has 0 saturated heterocycles. The molecule has 1 aromatic heterocycles. The fourth-order valence-electron chi connectivity index (χ4n) is 3.05. The summed E-state index contributed by atoms with van der Waals surface area (Å²) in [6.45, 7) is 3.48. The van der Waals surface area contributed by atoms with Crippen LogP contribution in [0.5, 0.6) is 5.88 Å². The van der Waals surface area contributed by atoms with Gasteiger partial charge in [0.05, 0.1) is 30.2 Å². The smallest absolute Gasteiger partial charge is 0.416 e. The first-order valence-electron chi connectivity index (χ1n) is 9.54. The number of halogens is 3. The molecule has 11 heteroatoms. The molecule has 0 aliphatic rings. The van der Waals surface area contributed by atoms with Crippen molar-refractivity contribution in [1.29, 1.82) is 0 Å². The summed E-state index contributed by atoms with van der Waals surface area (Å²) in [4.78, 5) is 16.1. The lowest BCUT2D eigenvalue weighted by Crippen LogP contribution is -2.18. The summed E-state index contributed by atoms with van der Waals surface area (Å²) < 4.78 is 72.5. The van der Waals surface area contributed by atoms with Gasteiger partial charge in [0.15, 0.2) is 4.90 Å². The van der Waals surface area contributed by atoms with Crippen LogP contribution in [0, 0.1) is 13.8 Å². The minimum Gasteiger partial charge on any atom is -0.480 e. The van der Waals surface area contributed by atoms with E-state index in [1.807, 2.05) is 0 Å². The second kappa shape index (κ2) is 9.10. The zero-order valence-corrected chi connectivity index (χ0v) is 18.6. The Balaban J connectivity index is 1.93. The van der Waals surface area contributed by atoms with E-state index in [1.54, 1.807) is 32.0 Å². The van der Waals surface area contributed by atoms with Gasteiger partial charge in [-0.1, -0.05) is 24.3 Å². The van der Waals surface area contributed by atoms with Crippen LogP contribution in [0.4, 0.5) is 24.5 Å². The molecule has 3 aromatic rings. The number of aryl methyl sites for hydroxylation is 2. The fourth-order valence-corrected chi connectivity index (χ4v) is 4.40. The normalized spacial score (nSPS) is 11.7. The molecule has 0 bridgehead atoms. The summed E-state index contributed by atoms with van der Waals surface area (Å²) >= 11 is 0. The van der Waals surface area contributed by atoms with Crippen LogP contribution in [-0.4, -0.2) is 26.4 Å².